The van der Waals surface area contributed by atoms with Crippen LogP contribution in [-0.2, 0) is 4.79 Å². The summed E-state index contributed by atoms with van der Waals surface area (Å²) in [5, 5.41) is 4.44. The SMILES string of the molecule is CNC(=O)NC(=O)[C@H](C)Oc1ccc(I)cc1. The van der Waals surface area contributed by atoms with Crippen molar-refractivity contribution in [3.8, 4) is 5.75 Å². The van der Waals surface area contributed by atoms with Gasteiger partial charge < -0.3 is 10.1 Å². The third kappa shape index (κ3) is 4.59. The van der Waals surface area contributed by atoms with E-state index in [4.69, 9.17) is 4.74 Å². The van der Waals surface area contributed by atoms with Crippen LogP contribution in [0.1, 0.15) is 6.92 Å². The second-order valence-electron chi connectivity index (χ2n) is 3.28. The maximum absolute atomic E-state index is 11.5. The molecule has 5 nitrogen and oxygen atoms in total. The highest BCUT2D eigenvalue weighted by atomic mass is 127. The average molecular weight is 348 g/mol. The van der Waals surface area contributed by atoms with E-state index in [1.807, 2.05) is 12.1 Å². The quantitative estimate of drug-likeness (QED) is 0.814. The van der Waals surface area contributed by atoms with E-state index < -0.39 is 18.0 Å². The third-order valence-electron chi connectivity index (χ3n) is 1.96. The standard InChI is InChI=1S/C11H13IN2O3/c1-7(10(15)14-11(16)13-2)17-9-5-3-8(12)4-6-9/h3-7H,1-2H3,(H2,13,14,15,16)/t7-/m0/s1. The zero-order valence-electron chi connectivity index (χ0n) is 9.49. The van der Waals surface area contributed by atoms with Crippen LogP contribution in [0.4, 0.5) is 4.79 Å². The fourth-order valence-corrected chi connectivity index (χ4v) is 1.41. The molecule has 0 fully saturated rings. The molecule has 0 aliphatic heterocycles. The molecule has 0 unspecified atom stereocenters. The highest BCUT2D eigenvalue weighted by Gasteiger charge is 2.16. The minimum atomic E-state index is -0.729. The van der Waals surface area contributed by atoms with Crippen molar-refractivity contribution in [2.24, 2.45) is 0 Å². The fraction of sp³-hybridized carbons (Fsp3) is 0.273. The molecule has 92 valence electrons. The number of carbonyl (C=O) groups is 2. The Kier molecular flexibility index (Phi) is 5.20. The molecule has 0 bridgehead atoms. The maximum Gasteiger partial charge on any atom is 0.321 e. The number of nitrogens with one attached hydrogen (secondary N) is 2. The van der Waals surface area contributed by atoms with Crippen LogP contribution in [0.15, 0.2) is 24.3 Å². The van der Waals surface area contributed by atoms with Gasteiger partial charge in [0.15, 0.2) is 6.10 Å². The second kappa shape index (κ2) is 6.43. The summed E-state index contributed by atoms with van der Waals surface area (Å²) in [6.45, 7) is 1.58. The highest BCUT2D eigenvalue weighted by Crippen LogP contribution is 2.14. The number of rotatable bonds is 3. The van der Waals surface area contributed by atoms with Crippen LogP contribution in [0.2, 0.25) is 0 Å². The predicted molar refractivity (Wildman–Crippen MR) is 71.8 cm³/mol. The lowest BCUT2D eigenvalue weighted by molar-refractivity contribution is -0.126. The third-order valence-corrected chi connectivity index (χ3v) is 2.68. The second-order valence-corrected chi connectivity index (χ2v) is 4.53. The monoisotopic (exact) mass is 348 g/mol. The van der Waals surface area contributed by atoms with E-state index in [0.29, 0.717) is 5.75 Å². The van der Waals surface area contributed by atoms with Gasteiger partial charge in [0.05, 0.1) is 0 Å². The van der Waals surface area contributed by atoms with Gasteiger partial charge in [-0.1, -0.05) is 0 Å². The molecule has 1 rings (SSSR count). The number of urea groups is 1. The molecule has 0 spiro atoms. The molecule has 6 heteroatoms. The minimum Gasteiger partial charge on any atom is -0.481 e. The molecule has 3 amide bonds. The molecule has 0 heterocycles. The van der Waals surface area contributed by atoms with Gasteiger partial charge in [0.1, 0.15) is 5.75 Å². The average Bonchev–Trinajstić information content (AvgIpc) is 2.31. The molecule has 1 aromatic rings. The first-order valence-electron chi connectivity index (χ1n) is 4.97. The van der Waals surface area contributed by atoms with Crippen LogP contribution in [0.25, 0.3) is 0 Å². The van der Waals surface area contributed by atoms with E-state index in [9.17, 15) is 9.59 Å². The molecule has 0 aromatic heterocycles. The Balaban J connectivity index is 2.54. The van der Waals surface area contributed by atoms with Crippen molar-refractivity contribution in [3.63, 3.8) is 0 Å². The lowest BCUT2D eigenvalue weighted by atomic mass is 10.3. The van der Waals surface area contributed by atoms with Crippen LogP contribution in [0.3, 0.4) is 0 Å². The van der Waals surface area contributed by atoms with Gasteiger partial charge in [-0.25, -0.2) is 4.79 Å². The molecule has 0 aliphatic carbocycles. The number of imide groups is 1. The van der Waals surface area contributed by atoms with Crippen LogP contribution in [-0.4, -0.2) is 25.1 Å². The summed E-state index contributed by atoms with van der Waals surface area (Å²) < 4.78 is 6.46. The first kappa shape index (κ1) is 13.8. The summed E-state index contributed by atoms with van der Waals surface area (Å²) in [7, 11) is 1.44. The van der Waals surface area contributed by atoms with E-state index in [1.54, 1.807) is 19.1 Å². The maximum atomic E-state index is 11.5. The van der Waals surface area contributed by atoms with Gasteiger partial charge in [0.25, 0.3) is 5.91 Å². The number of ether oxygens (including phenoxy) is 1. The lowest BCUT2D eigenvalue weighted by Gasteiger charge is -2.13. The molecule has 0 saturated carbocycles. The predicted octanol–water partition coefficient (Wildman–Crippen LogP) is 1.51. The normalized spacial score (nSPS) is 11.5. The molecule has 0 aliphatic rings. The van der Waals surface area contributed by atoms with E-state index in [0.717, 1.165) is 3.57 Å². The summed E-state index contributed by atoms with van der Waals surface area (Å²) in [6.07, 6.45) is -0.729. The van der Waals surface area contributed by atoms with Crippen molar-refractivity contribution in [2.45, 2.75) is 13.0 Å². The van der Waals surface area contributed by atoms with Crippen molar-refractivity contribution in [1.82, 2.24) is 10.6 Å². The summed E-state index contributed by atoms with van der Waals surface area (Å²) in [5.74, 6) is 0.105. The molecule has 0 radical (unpaired) electrons. The summed E-state index contributed by atoms with van der Waals surface area (Å²) >= 11 is 2.18. The van der Waals surface area contributed by atoms with Crippen LogP contribution in [0, 0.1) is 3.57 Å². The number of amides is 3. The van der Waals surface area contributed by atoms with Gasteiger partial charge in [0, 0.05) is 10.6 Å². The molecule has 2 N–H and O–H groups in total. The molecular formula is C11H13IN2O3. The Bertz CT molecular complexity index is 406. The zero-order valence-corrected chi connectivity index (χ0v) is 11.6. The molecule has 17 heavy (non-hydrogen) atoms. The number of benzene rings is 1. The van der Waals surface area contributed by atoms with Gasteiger partial charge in [-0.2, -0.15) is 0 Å². The van der Waals surface area contributed by atoms with Crippen molar-refractivity contribution in [3.05, 3.63) is 27.8 Å². The van der Waals surface area contributed by atoms with E-state index in [2.05, 4.69) is 33.2 Å². The highest BCUT2D eigenvalue weighted by molar-refractivity contribution is 14.1. The minimum absolute atomic E-state index is 0.483. The van der Waals surface area contributed by atoms with Crippen molar-refractivity contribution in [1.29, 1.82) is 0 Å². The van der Waals surface area contributed by atoms with Gasteiger partial charge in [0.2, 0.25) is 0 Å². The summed E-state index contributed by atoms with van der Waals surface area (Å²) in [6, 6.07) is 6.74. The van der Waals surface area contributed by atoms with E-state index in [1.165, 1.54) is 7.05 Å². The first-order chi connectivity index (χ1) is 8.02. The molecule has 1 aromatic carbocycles. The topological polar surface area (TPSA) is 67.4 Å². The number of carbonyl (C=O) groups excluding carboxylic acids is 2. The van der Waals surface area contributed by atoms with Gasteiger partial charge in [-0.15, -0.1) is 0 Å². The number of halogens is 1. The Morgan fingerprint density at radius 2 is 1.88 bits per heavy atom. The van der Waals surface area contributed by atoms with E-state index >= 15 is 0 Å². The number of hydrogen-bond acceptors (Lipinski definition) is 3. The van der Waals surface area contributed by atoms with Gasteiger partial charge in [-0.05, 0) is 53.8 Å². The first-order valence-corrected chi connectivity index (χ1v) is 6.05. The van der Waals surface area contributed by atoms with Crippen LogP contribution in [0.5, 0.6) is 5.75 Å². The summed E-state index contributed by atoms with van der Waals surface area (Å²) in [4.78, 5) is 22.4. The molecule has 1 atom stereocenters. The molecular weight excluding hydrogens is 335 g/mol. The van der Waals surface area contributed by atoms with Gasteiger partial charge in [-0.3, -0.25) is 10.1 Å². The lowest BCUT2D eigenvalue weighted by Crippen LogP contribution is -2.43. The van der Waals surface area contributed by atoms with Crippen molar-refractivity contribution >= 4 is 34.5 Å². The fourth-order valence-electron chi connectivity index (χ4n) is 1.05. The van der Waals surface area contributed by atoms with Crippen LogP contribution >= 0.6 is 22.6 Å². The van der Waals surface area contributed by atoms with E-state index in [-0.39, 0.29) is 0 Å². The van der Waals surface area contributed by atoms with Crippen molar-refractivity contribution < 1.29 is 14.3 Å². The number of hydrogen-bond donors (Lipinski definition) is 2. The summed E-state index contributed by atoms with van der Waals surface area (Å²) in [5.41, 5.74) is 0. The smallest absolute Gasteiger partial charge is 0.321 e. The Hall–Kier alpha value is -1.31. The Morgan fingerprint density at radius 3 is 2.41 bits per heavy atom. The van der Waals surface area contributed by atoms with Gasteiger partial charge >= 0.3 is 6.03 Å². The Morgan fingerprint density at radius 1 is 1.29 bits per heavy atom. The zero-order chi connectivity index (χ0) is 12.8. The Labute approximate surface area is 113 Å². The molecule has 0 saturated heterocycles. The largest absolute Gasteiger partial charge is 0.481 e. The van der Waals surface area contributed by atoms with Crippen LogP contribution < -0.4 is 15.4 Å². The van der Waals surface area contributed by atoms with Crippen molar-refractivity contribution in [2.75, 3.05) is 7.05 Å².